The topological polar surface area (TPSA) is 82.2 Å². The van der Waals surface area contributed by atoms with Gasteiger partial charge in [0, 0.05) is 28.1 Å². The second-order valence-electron chi connectivity index (χ2n) is 7.60. The smallest absolute Gasteiger partial charge is 0.339 e. The van der Waals surface area contributed by atoms with E-state index in [-0.39, 0.29) is 11.1 Å². The predicted molar refractivity (Wildman–Crippen MR) is 105 cm³/mol. The minimum Gasteiger partial charge on any atom is -0.478 e. The first kappa shape index (κ1) is 18.9. The molecule has 7 heteroatoms. The van der Waals surface area contributed by atoms with Gasteiger partial charge in [0.25, 0.3) is 0 Å². The molecule has 1 atom stereocenters. The van der Waals surface area contributed by atoms with E-state index in [0.717, 1.165) is 23.0 Å². The number of halogens is 2. The fourth-order valence-electron chi connectivity index (χ4n) is 3.99. The Bertz CT molecular complexity index is 1190. The van der Waals surface area contributed by atoms with Crippen LogP contribution in [-0.4, -0.2) is 27.9 Å². The van der Waals surface area contributed by atoms with Gasteiger partial charge in [-0.3, -0.25) is 4.79 Å². The summed E-state index contributed by atoms with van der Waals surface area (Å²) in [5.41, 5.74) is 0.959. The Kier molecular flexibility index (Phi) is 4.26. The monoisotopic (exact) mass is 396 g/mol. The van der Waals surface area contributed by atoms with E-state index < -0.39 is 34.8 Å². The molecule has 0 bridgehead atoms. The quantitative estimate of drug-likeness (QED) is 0.585. The molecule has 0 saturated carbocycles. The molecule has 1 aromatic heterocycles. The van der Waals surface area contributed by atoms with Crippen molar-refractivity contribution >= 4 is 28.2 Å². The van der Waals surface area contributed by atoms with E-state index in [4.69, 9.17) is 0 Å². The van der Waals surface area contributed by atoms with Crippen molar-refractivity contribution in [2.24, 2.45) is 0 Å². The molecule has 3 aromatic rings. The van der Waals surface area contributed by atoms with Crippen LogP contribution in [0.25, 0.3) is 16.5 Å². The number of carboxylic acids is 1. The summed E-state index contributed by atoms with van der Waals surface area (Å²) in [6, 6.07) is 9.44. The molecule has 3 N–H and O–H groups in total. The van der Waals surface area contributed by atoms with Crippen molar-refractivity contribution in [1.29, 1.82) is 0 Å². The van der Waals surface area contributed by atoms with Crippen LogP contribution in [0.3, 0.4) is 0 Å². The van der Waals surface area contributed by atoms with Crippen molar-refractivity contribution in [1.82, 2.24) is 10.3 Å². The molecule has 0 amide bonds. The number of para-hydroxylation sites is 1. The maximum absolute atomic E-state index is 13.7. The van der Waals surface area contributed by atoms with Crippen molar-refractivity contribution in [2.75, 3.05) is 0 Å². The summed E-state index contributed by atoms with van der Waals surface area (Å²) >= 11 is 0. The molecule has 2 aromatic carbocycles. The number of rotatable bonds is 3. The van der Waals surface area contributed by atoms with Crippen molar-refractivity contribution in [3.8, 4) is 0 Å². The second-order valence-corrected chi connectivity index (χ2v) is 7.60. The zero-order valence-electron chi connectivity index (χ0n) is 15.7. The van der Waals surface area contributed by atoms with Gasteiger partial charge in [-0.2, -0.15) is 0 Å². The molecular weight excluding hydrogens is 378 g/mol. The van der Waals surface area contributed by atoms with E-state index in [0.29, 0.717) is 11.3 Å². The highest BCUT2D eigenvalue weighted by molar-refractivity contribution is 6.17. The first-order valence-corrected chi connectivity index (χ1v) is 9.02. The molecule has 0 aliphatic carbocycles. The van der Waals surface area contributed by atoms with Crippen LogP contribution in [-0.2, 0) is 10.2 Å². The highest BCUT2D eigenvalue weighted by Gasteiger charge is 2.43. The van der Waals surface area contributed by atoms with Crippen molar-refractivity contribution in [2.45, 2.75) is 25.3 Å². The van der Waals surface area contributed by atoms with Crippen LogP contribution in [0.4, 0.5) is 8.78 Å². The number of benzene rings is 2. The molecule has 1 aliphatic heterocycles. The lowest BCUT2D eigenvalue weighted by Gasteiger charge is -2.33. The molecule has 5 nitrogen and oxygen atoms in total. The van der Waals surface area contributed by atoms with Crippen LogP contribution in [0, 0.1) is 11.6 Å². The van der Waals surface area contributed by atoms with Crippen molar-refractivity contribution in [3.05, 3.63) is 77.1 Å². The molecule has 0 fully saturated rings. The van der Waals surface area contributed by atoms with Crippen LogP contribution in [0.2, 0.25) is 0 Å². The van der Waals surface area contributed by atoms with E-state index in [1.807, 2.05) is 38.1 Å². The van der Waals surface area contributed by atoms with Gasteiger partial charge in [0.05, 0.1) is 17.3 Å². The number of fused-ring (bicyclic) bond motifs is 3. The molecular formula is C22H18F2N2O3. The van der Waals surface area contributed by atoms with Crippen molar-refractivity contribution < 1.29 is 23.5 Å². The molecule has 2 heterocycles. The Morgan fingerprint density at radius 3 is 2.48 bits per heavy atom. The lowest BCUT2D eigenvalue weighted by Crippen LogP contribution is -2.48. The van der Waals surface area contributed by atoms with Crippen LogP contribution in [0.15, 0.2) is 48.7 Å². The first-order chi connectivity index (χ1) is 13.7. The first-order valence-electron chi connectivity index (χ1n) is 9.02. The number of carboxylic acid groups (broad SMARTS) is 1. The van der Waals surface area contributed by atoms with Gasteiger partial charge in [0.2, 0.25) is 0 Å². The van der Waals surface area contributed by atoms with Gasteiger partial charge in [0.1, 0.15) is 0 Å². The summed E-state index contributed by atoms with van der Waals surface area (Å²) < 4.78 is 27.0. The summed E-state index contributed by atoms with van der Waals surface area (Å²) in [5, 5.41) is 13.4. The Balaban J connectivity index is 1.93. The van der Waals surface area contributed by atoms with E-state index in [1.165, 1.54) is 12.3 Å². The number of aromatic nitrogens is 1. The van der Waals surface area contributed by atoms with Gasteiger partial charge < -0.3 is 15.4 Å². The SMILES string of the molecule is CC1(C)c2c([nH]c3ccccc23)C(C(=O)O)=CNC1C(=O)c1ccc(F)c(F)c1. The molecule has 0 spiro atoms. The zero-order valence-corrected chi connectivity index (χ0v) is 15.7. The fourth-order valence-corrected chi connectivity index (χ4v) is 3.99. The Morgan fingerprint density at radius 2 is 1.79 bits per heavy atom. The van der Waals surface area contributed by atoms with Gasteiger partial charge >= 0.3 is 5.97 Å². The van der Waals surface area contributed by atoms with E-state index in [9.17, 15) is 23.5 Å². The van der Waals surface area contributed by atoms with Gasteiger partial charge in [0.15, 0.2) is 17.4 Å². The number of ketones is 1. The molecule has 4 rings (SSSR count). The minimum atomic E-state index is -1.15. The number of carbonyl (C=O) groups excluding carboxylic acids is 1. The number of carbonyl (C=O) groups is 2. The highest BCUT2D eigenvalue weighted by atomic mass is 19.2. The molecule has 1 unspecified atom stereocenters. The van der Waals surface area contributed by atoms with Gasteiger partial charge in [-0.15, -0.1) is 0 Å². The highest BCUT2D eigenvalue weighted by Crippen LogP contribution is 2.41. The maximum atomic E-state index is 13.7. The number of aliphatic carboxylic acids is 1. The Hall–Kier alpha value is -3.48. The van der Waals surface area contributed by atoms with Crippen LogP contribution < -0.4 is 5.32 Å². The molecule has 29 heavy (non-hydrogen) atoms. The number of H-pyrrole nitrogens is 1. The van der Waals surface area contributed by atoms with Crippen LogP contribution >= 0.6 is 0 Å². The number of hydrogen-bond donors (Lipinski definition) is 3. The molecule has 148 valence electrons. The predicted octanol–water partition coefficient (Wildman–Crippen LogP) is 4.00. The third-order valence-electron chi connectivity index (χ3n) is 5.43. The standard InChI is InChI=1S/C22H18F2N2O3/c1-22(2)17-12-5-3-4-6-16(12)26-18(17)13(21(28)29)10-25-20(22)19(27)11-7-8-14(23)15(24)9-11/h3-10,20,25-26H,1-2H3,(H,28,29). The van der Waals surface area contributed by atoms with E-state index in [1.54, 1.807) is 0 Å². The van der Waals surface area contributed by atoms with E-state index >= 15 is 0 Å². The van der Waals surface area contributed by atoms with Crippen molar-refractivity contribution in [3.63, 3.8) is 0 Å². The van der Waals surface area contributed by atoms with Crippen LogP contribution in [0.1, 0.15) is 35.5 Å². The van der Waals surface area contributed by atoms with Gasteiger partial charge in [-0.25, -0.2) is 13.6 Å². The zero-order chi connectivity index (χ0) is 20.9. The summed E-state index contributed by atoms with van der Waals surface area (Å²) in [7, 11) is 0. The Labute approximate surface area is 165 Å². The second kappa shape index (κ2) is 6.55. The number of Topliss-reactive ketones (excluding diaryl/α,β-unsaturated/α-hetero) is 1. The largest absolute Gasteiger partial charge is 0.478 e. The fraction of sp³-hybridized carbons (Fsp3) is 0.182. The average molecular weight is 396 g/mol. The molecule has 0 saturated heterocycles. The van der Waals surface area contributed by atoms with Crippen LogP contribution in [0.5, 0.6) is 0 Å². The third-order valence-corrected chi connectivity index (χ3v) is 5.43. The Morgan fingerprint density at radius 1 is 1.07 bits per heavy atom. The number of aromatic amines is 1. The number of nitrogens with one attached hydrogen (secondary N) is 2. The van der Waals surface area contributed by atoms with E-state index in [2.05, 4.69) is 10.3 Å². The molecule has 1 aliphatic rings. The maximum Gasteiger partial charge on any atom is 0.339 e. The number of hydrogen-bond acceptors (Lipinski definition) is 3. The summed E-state index contributed by atoms with van der Waals surface area (Å²) in [5.74, 6) is -3.77. The molecule has 0 radical (unpaired) electrons. The normalized spacial score (nSPS) is 17.8. The average Bonchev–Trinajstić information content (AvgIpc) is 3.01. The van der Waals surface area contributed by atoms with Gasteiger partial charge in [-0.05, 0) is 29.8 Å². The lowest BCUT2D eigenvalue weighted by atomic mass is 9.73. The third kappa shape index (κ3) is 2.90. The summed E-state index contributed by atoms with van der Waals surface area (Å²) in [4.78, 5) is 28.3. The minimum absolute atomic E-state index is 0.00282. The van der Waals surface area contributed by atoms with Gasteiger partial charge in [-0.1, -0.05) is 32.0 Å². The summed E-state index contributed by atoms with van der Waals surface area (Å²) in [6.45, 7) is 3.64. The lowest BCUT2D eigenvalue weighted by molar-refractivity contribution is -0.130. The summed E-state index contributed by atoms with van der Waals surface area (Å²) in [6.07, 6.45) is 1.29.